The zero-order chi connectivity index (χ0) is 14.0. The first-order valence-corrected chi connectivity index (χ1v) is 10.9. The van der Waals surface area contributed by atoms with Gasteiger partial charge in [-0.25, -0.2) is 9.97 Å². The molecule has 4 nitrogen and oxygen atoms in total. The summed E-state index contributed by atoms with van der Waals surface area (Å²) in [6.07, 6.45) is 1.79. The number of hydrogen-bond donors (Lipinski definition) is 0. The molecule has 0 amide bonds. The van der Waals surface area contributed by atoms with Crippen LogP contribution in [0.25, 0.3) is 11.2 Å². The maximum absolute atomic E-state index is 5.74. The molecule has 0 unspecified atom stereocenters. The fourth-order valence-corrected chi connectivity index (χ4v) is 2.75. The van der Waals surface area contributed by atoms with Crippen molar-refractivity contribution in [3.63, 3.8) is 0 Å². The third kappa shape index (κ3) is 3.87. The van der Waals surface area contributed by atoms with Crippen molar-refractivity contribution < 1.29 is 4.74 Å². The van der Waals surface area contributed by atoms with E-state index in [2.05, 4.69) is 45.5 Å². The van der Waals surface area contributed by atoms with Gasteiger partial charge in [-0.3, -0.25) is 4.57 Å². The zero-order valence-electron chi connectivity index (χ0n) is 11.9. The first-order chi connectivity index (χ1) is 8.87. The summed E-state index contributed by atoms with van der Waals surface area (Å²) in [6.45, 7) is 10.4. The summed E-state index contributed by atoms with van der Waals surface area (Å²) < 4.78 is 8.69. The van der Waals surface area contributed by atoms with Gasteiger partial charge in [-0.1, -0.05) is 19.6 Å². The van der Waals surface area contributed by atoms with Crippen LogP contribution in [0, 0.1) is 6.92 Å². The molecule has 0 aliphatic heterocycles. The van der Waals surface area contributed by atoms with Gasteiger partial charge in [0.25, 0.3) is 0 Å². The van der Waals surface area contributed by atoms with Gasteiger partial charge in [0.15, 0.2) is 5.65 Å². The van der Waals surface area contributed by atoms with E-state index in [1.54, 1.807) is 6.33 Å². The smallest absolute Gasteiger partial charge is 0.162 e. The SMILES string of the molecule is Cc1nc2c(cc1Br)ncn2COCC[Si](C)(C)C. The quantitative estimate of drug-likeness (QED) is 0.613. The maximum Gasteiger partial charge on any atom is 0.162 e. The minimum absolute atomic E-state index is 0.523. The first-order valence-electron chi connectivity index (χ1n) is 6.42. The number of fused-ring (bicyclic) bond motifs is 1. The van der Waals surface area contributed by atoms with Crippen LogP contribution >= 0.6 is 15.9 Å². The van der Waals surface area contributed by atoms with E-state index in [1.165, 1.54) is 6.04 Å². The minimum atomic E-state index is -1.02. The third-order valence-corrected chi connectivity index (χ3v) is 5.45. The Balaban J connectivity index is 2.03. The first kappa shape index (κ1) is 14.7. The molecule has 0 fully saturated rings. The summed E-state index contributed by atoms with van der Waals surface area (Å²) in [5.74, 6) is 0. The van der Waals surface area contributed by atoms with Crippen molar-refractivity contribution in [2.75, 3.05) is 6.61 Å². The maximum atomic E-state index is 5.74. The highest BCUT2D eigenvalue weighted by atomic mass is 79.9. The van der Waals surface area contributed by atoms with Crippen LogP contribution in [0.15, 0.2) is 16.9 Å². The molecule has 2 aromatic heterocycles. The molecule has 2 heterocycles. The predicted molar refractivity (Wildman–Crippen MR) is 84.1 cm³/mol. The van der Waals surface area contributed by atoms with Crippen molar-refractivity contribution >= 4 is 35.2 Å². The molecule has 0 aromatic carbocycles. The molecule has 0 saturated heterocycles. The Labute approximate surface area is 123 Å². The van der Waals surface area contributed by atoms with Crippen LogP contribution in [-0.4, -0.2) is 29.2 Å². The fraction of sp³-hybridized carbons (Fsp3) is 0.538. The number of pyridine rings is 1. The number of aryl methyl sites for hydroxylation is 1. The molecule has 6 heteroatoms. The molecule has 104 valence electrons. The lowest BCUT2D eigenvalue weighted by atomic mass is 10.3. The van der Waals surface area contributed by atoms with Crippen molar-refractivity contribution in [1.29, 1.82) is 0 Å². The second kappa shape index (κ2) is 5.72. The van der Waals surface area contributed by atoms with Crippen LogP contribution < -0.4 is 0 Å². The predicted octanol–water partition coefficient (Wildman–Crippen LogP) is 3.81. The van der Waals surface area contributed by atoms with Crippen molar-refractivity contribution in [1.82, 2.24) is 14.5 Å². The Kier molecular flexibility index (Phi) is 4.42. The van der Waals surface area contributed by atoms with Crippen molar-refractivity contribution in [2.24, 2.45) is 0 Å². The summed E-state index contributed by atoms with van der Waals surface area (Å²) in [7, 11) is -1.02. The fourth-order valence-electron chi connectivity index (χ4n) is 1.69. The lowest BCUT2D eigenvalue weighted by molar-refractivity contribution is 0.0895. The normalized spacial score (nSPS) is 12.3. The van der Waals surface area contributed by atoms with Gasteiger partial charge in [0.1, 0.15) is 12.2 Å². The molecule has 0 N–H and O–H groups in total. The van der Waals surface area contributed by atoms with Crippen LogP contribution in [0.1, 0.15) is 5.69 Å². The van der Waals surface area contributed by atoms with Gasteiger partial charge < -0.3 is 4.74 Å². The Bertz CT molecular complexity index is 577. The molecular weight excluding hydrogens is 322 g/mol. The molecule has 2 aromatic rings. The molecule has 2 rings (SSSR count). The van der Waals surface area contributed by atoms with Crippen LogP contribution in [-0.2, 0) is 11.5 Å². The number of imidazole rings is 1. The molecular formula is C13H20BrN3OSi. The molecule has 0 radical (unpaired) electrons. The van der Waals surface area contributed by atoms with Gasteiger partial charge in [0.2, 0.25) is 0 Å². The third-order valence-electron chi connectivity index (χ3n) is 2.95. The number of halogens is 1. The van der Waals surface area contributed by atoms with Crippen LogP contribution in [0.5, 0.6) is 0 Å². The van der Waals surface area contributed by atoms with Gasteiger partial charge in [-0.15, -0.1) is 0 Å². The van der Waals surface area contributed by atoms with E-state index >= 15 is 0 Å². The molecule has 0 aliphatic rings. The number of aromatic nitrogens is 3. The van der Waals surface area contributed by atoms with Crippen molar-refractivity contribution in [3.8, 4) is 0 Å². The average molecular weight is 342 g/mol. The number of ether oxygens (including phenoxy) is 1. The van der Waals surface area contributed by atoms with E-state index in [1.807, 2.05) is 17.6 Å². The lowest BCUT2D eigenvalue weighted by Crippen LogP contribution is -2.22. The standard InChI is InChI=1S/C13H20BrN3OSi/c1-10-11(14)7-12-13(16-10)17(8-15-12)9-18-5-6-19(2,3)4/h7-8H,5-6,9H2,1-4H3. The zero-order valence-corrected chi connectivity index (χ0v) is 14.5. The van der Waals surface area contributed by atoms with Crippen LogP contribution in [0.3, 0.4) is 0 Å². The van der Waals surface area contributed by atoms with E-state index in [4.69, 9.17) is 4.74 Å². The molecule has 19 heavy (non-hydrogen) atoms. The lowest BCUT2D eigenvalue weighted by Gasteiger charge is -2.15. The average Bonchev–Trinajstić information content (AvgIpc) is 2.67. The van der Waals surface area contributed by atoms with E-state index in [-0.39, 0.29) is 0 Å². The van der Waals surface area contributed by atoms with Gasteiger partial charge in [0.05, 0.1) is 12.0 Å². The van der Waals surface area contributed by atoms with Gasteiger partial charge >= 0.3 is 0 Å². The molecule has 0 atom stereocenters. The highest BCUT2D eigenvalue weighted by Gasteiger charge is 2.12. The molecule has 0 spiro atoms. The second-order valence-electron chi connectivity index (χ2n) is 5.96. The van der Waals surface area contributed by atoms with E-state index in [0.717, 1.165) is 27.9 Å². The molecule has 0 saturated carbocycles. The summed E-state index contributed by atoms with van der Waals surface area (Å²) in [5.41, 5.74) is 2.75. The van der Waals surface area contributed by atoms with Crippen molar-refractivity contribution in [3.05, 3.63) is 22.6 Å². The Hall–Kier alpha value is -0.723. The van der Waals surface area contributed by atoms with Crippen LogP contribution in [0.2, 0.25) is 25.7 Å². The highest BCUT2D eigenvalue weighted by molar-refractivity contribution is 9.10. The summed E-state index contributed by atoms with van der Waals surface area (Å²) >= 11 is 3.47. The highest BCUT2D eigenvalue weighted by Crippen LogP contribution is 2.20. The number of hydrogen-bond acceptors (Lipinski definition) is 3. The number of rotatable bonds is 5. The van der Waals surface area contributed by atoms with Gasteiger partial charge in [-0.2, -0.15) is 0 Å². The largest absolute Gasteiger partial charge is 0.361 e. The number of nitrogens with zero attached hydrogens (tertiary/aromatic N) is 3. The Morgan fingerprint density at radius 2 is 2.11 bits per heavy atom. The van der Waals surface area contributed by atoms with E-state index in [0.29, 0.717) is 6.73 Å². The summed E-state index contributed by atoms with van der Waals surface area (Å²) in [6, 6.07) is 3.17. The topological polar surface area (TPSA) is 39.9 Å². The van der Waals surface area contributed by atoms with Gasteiger partial charge in [0, 0.05) is 19.2 Å². The van der Waals surface area contributed by atoms with Crippen LogP contribution in [0.4, 0.5) is 0 Å². The summed E-state index contributed by atoms with van der Waals surface area (Å²) in [4.78, 5) is 8.89. The van der Waals surface area contributed by atoms with E-state index < -0.39 is 8.07 Å². The van der Waals surface area contributed by atoms with Gasteiger partial charge in [-0.05, 0) is 35.0 Å². The van der Waals surface area contributed by atoms with E-state index in [9.17, 15) is 0 Å². The molecule has 0 aliphatic carbocycles. The monoisotopic (exact) mass is 341 g/mol. The summed E-state index contributed by atoms with van der Waals surface area (Å²) in [5, 5.41) is 0. The minimum Gasteiger partial charge on any atom is -0.361 e. The Morgan fingerprint density at radius 1 is 1.37 bits per heavy atom. The second-order valence-corrected chi connectivity index (χ2v) is 12.4. The molecule has 0 bridgehead atoms. The Morgan fingerprint density at radius 3 is 2.79 bits per heavy atom. The van der Waals surface area contributed by atoms with Crippen molar-refractivity contribution in [2.45, 2.75) is 39.3 Å².